The molecule has 2 aliphatic rings. The molecule has 1 aliphatic carbocycles. The van der Waals surface area contributed by atoms with Gasteiger partial charge in [-0.3, -0.25) is 9.79 Å². The minimum Gasteiger partial charge on any atom is -0.497 e. The van der Waals surface area contributed by atoms with Gasteiger partial charge in [-0.1, -0.05) is 31.4 Å². The summed E-state index contributed by atoms with van der Waals surface area (Å²) in [5, 5.41) is 7.00. The van der Waals surface area contributed by atoms with Crippen molar-refractivity contribution in [1.82, 2.24) is 20.4 Å². The molecule has 1 amide bonds. The summed E-state index contributed by atoms with van der Waals surface area (Å²) in [6.07, 6.45) is 6.76. The van der Waals surface area contributed by atoms with Gasteiger partial charge in [0.05, 0.1) is 13.2 Å². The normalized spacial score (nSPS) is 20.6. The van der Waals surface area contributed by atoms with E-state index in [4.69, 9.17) is 4.74 Å². The third-order valence-electron chi connectivity index (χ3n) is 6.58. The molecular formula is C24H40IN5O2. The van der Waals surface area contributed by atoms with Crippen LogP contribution in [-0.4, -0.2) is 75.6 Å². The maximum absolute atomic E-state index is 12.8. The lowest BCUT2D eigenvalue weighted by molar-refractivity contribution is -0.135. The molecule has 1 heterocycles. The van der Waals surface area contributed by atoms with Crippen LogP contribution in [0.3, 0.4) is 0 Å². The fourth-order valence-electron chi connectivity index (χ4n) is 4.71. The molecule has 0 spiro atoms. The highest BCUT2D eigenvalue weighted by Crippen LogP contribution is 2.27. The van der Waals surface area contributed by atoms with Crippen molar-refractivity contribution in [3.05, 3.63) is 29.8 Å². The highest BCUT2D eigenvalue weighted by atomic mass is 127. The molecule has 0 radical (unpaired) electrons. The second-order valence-corrected chi connectivity index (χ2v) is 8.96. The van der Waals surface area contributed by atoms with Gasteiger partial charge in [0.2, 0.25) is 5.91 Å². The molecule has 32 heavy (non-hydrogen) atoms. The summed E-state index contributed by atoms with van der Waals surface area (Å²) in [4.78, 5) is 21.5. The second kappa shape index (κ2) is 13.2. The lowest BCUT2D eigenvalue weighted by Crippen LogP contribution is -2.47. The first-order chi connectivity index (χ1) is 15.0. The number of methoxy groups -OCH3 is 1. The number of rotatable bonds is 7. The largest absolute Gasteiger partial charge is 0.497 e. The molecule has 2 atom stereocenters. The van der Waals surface area contributed by atoms with Crippen LogP contribution < -0.4 is 15.4 Å². The SMILES string of the molecule is CN=C(NCC(c1cccc(OC)c1)N(C)C)NC1CCN(C(=O)C2CCCCC2)C1.I. The van der Waals surface area contributed by atoms with Crippen LogP contribution in [0.25, 0.3) is 0 Å². The molecule has 2 N–H and O–H groups in total. The van der Waals surface area contributed by atoms with Gasteiger partial charge in [0.15, 0.2) is 5.96 Å². The van der Waals surface area contributed by atoms with Gasteiger partial charge in [0.25, 0.3) is 0 Å². The topological polar surface area (TPSA) is 69.2 Å². The molecule has 1 aromatic rings. The van der Waals surface area contributed by atoms with Crippen LogP contribution in [0.4, 0.5) is 0 Å². The number of likely N-dealkylation sites (N-methyl/N-ethyl adjacent to an activating group) is 1. The molecular weight excluding hydrogens is 517 g/mol. The molecule has 0 aromatic heterocycles. The summed E-state index contributed by atoms with van der Waals surface area (Å²) >= 11 is 0. The molecule has 1 aromatic carbocycles. The second-order valence-electron chi connectivity index (χ2n) is 8.96. The minimum absolute atomic E-state index is 0. The van der Waals surface area contributed by atoms with Gasteiger partial charge in [-0.2, -0.15) is 0 Å². The molecule has 1 saturated carbocycles. The summed E-state index contributed by atoms with van der Waals surface area (Å²) in [7, 11) is 7.64. The monoisotopic (exact) mass is 557 g/mol. The first kappa shape index (κ1) is 26.7. The Kier molecular flexibility index (Phi) is 11.0. The van der Waals surface area contributed by atoms with E-state index in [1.165, 1.54) is 24.8 Å². The molecule has 8 heteroatoms. The Balaban J connectivity index is 0.00000363. The highest BCUT2D eigenvalue weighted by molar-refractivity contribution is 14.0. The number of nitrogens with one attached hydrogen (secondary N) is 2. The van der Waals surface area contributed by atoms with Crippen LogP contribution in [-0.2, 0) is 4.79 Å². The standard InChI is InChI=1S/C24H39N5O2.HI/c1-25-24(26-16-22(28(2)3)19-11-8-12-21(15-19)31-4)27-20-13-14-29(17-20)23(30)18-9-6-5-7-10-18;/h8,11-12,15,18,20,22H,5-7,9-10,13-14,16-17H2,1-4H3,(H2,25,26,27);1H. The van der Waals surface area contributed by atoms with Crippen molar-refractivity contribution in [3.63, 3.8) is 0 Å². The van der Waals surface area contributed by atoms with E-state index in [0.717, 1.165) is 50.6 Å². The number of nitrogens with zero attached hydrogens (tertiary/aromatic N) is 3. The van der Waals surface area contributed by atoms with E-state index < -0.39 is 0 Å². The summed E-state index contributed by atoms with van der Waals surface area (Å²) in [5.74, 6) is 2.25. The molecule has 2 unspecified atom stereocenters. The number of carbonyl (C=O) groups is 1. The smallest absolute Gasteiger partial charge is 0.225 e. The number of halogens is 1. The fourth-order valence-corrected chi connectivity index (χ4v) is 4.71. The summed E-state index contributed by atoms with van der Waals surface area (Å²) < 4.78 is 5.39. The molecule has 3 rings (SSSR count). The van der Waals surface area contributed by atoms with Crippen LogP contribution in [0, 0.1) is 5.92 Å². The van der Waals surface area contributed by atoms with Crippen molar-refractivity contribution in [1.29, 1.82) is 0 Å². The Morgan fingerprint density at radius 3 is 2.66 bits per heavy atom. The van der Waals surface area contributed by atoms with Crippen LogP contribution in [0.2, 0.25) is 0 Å². The van der Waals surface area contributed by atoms with E-state index >= 15 is 0 Å². The Bertz CT molecular complexity index is 752. The number of carbonyl (C=O) groups excluding carboxylic acids is 1. The van der Waals surface area contributed by atoms with Gasteiger partial charge in [0.1, 0.15) is 5.75 Å². The highest BCUT2D eigenvalue weighted by Gasteiger charge is 2.31. The van der Waals surface area contributed by atoms with Crippen molar-refractivity contribution in [2.24, 2.45) is 10.9 Å². The first-order valence-electron chi connectivity index (χ1n) is 11.6. The number of aliphatic imine (C=N–C) groups is 1. The zero-order chi connectivity index (χ0) is 22.2. The van der Waals surface area contributed by atoms with Gasteiger partial charge in [0, 0.05) is 38.6 Å². The number of benzene rings is 1. The molecule has 1 saturated heterocycles. The lowest BCUT2D eigenvalue weighted by atomic mass is 9.88. The van der Waals surface area contributed by atoms with E-state index in [-0.39, 0.29) is 42.0 Å². The number of hydrogen-bond acceptors (Lipinski definition) is 4. The van der Waals surface area contributed by atoms with E-state index in [9.17, 15) is 4.79 Å². The van der Waals surface area contributed by atoms with Gasteiger partial charge < -0.3 is 25.2 Å². The van der Waals surface area contributed by atoms with Crippen LogP contribution in [0.15, 0.2) is 29.3 Å². The third kappa shape index (κ3) is 7.23. The molecule has 7 nitrogen and oxygen atoms in total. The first-order valence-corrected chi connectivity index (χ1v) is 11.6. The van der Waals surface area contributed by atoms with E-state index in [2.05, 4.69) is 51.7 Å². The predicted molar refractivity (Wildman–Crippen MR) is 141 cm³/mol. The Hall–Kier alpha value is -1.55. The zero-order valence-corrected chi connectivity index (χ0v) is 22.3. The lowest BCUT2D eigenvalue weighted by Gasteiger charge is -2.27. The number of amides is 1. The van der Waals surface area contributed by atoms with Crippen molar-refractivity contribution in [2.45, 2.75) is 50.6 Å². The van der Waals surface area contributed by atoms with Gasteiger partial charge in [-0.15, -0.1) is 24.0 Å². The van der Waals surface area contributed by atoms with Gasteiger partial charge in [-0.05, 0) is 51.1 Å². The van der Waals surface area contributed by atoms with E-state index in [1.807, 2.05) is 12.1 Å². The van der Waals surface area contributed by atoms with Crippen molar-refractivity contribution < 1.29 is 9.53 Å². The van der Waals surface area contributed by atoms with E-state index in [0.29, 0.717) is 5.91 Å². The minimum atomic E-state index is 0. The summed E-state index contributed by atoms with van der Waals surface area (Å²) in [6.45, 7) is 2.33. The fraction of sp³-hybridized carbons (Fsp3) is 0.667. The number of hydrogen-bond donors (Lipinski definition) is 2. The Morgan fingerprint density at radius 2 is 2.00 bits per heavy atom. The predicted octanol–water partition coefficient (Wildman–Crippen LogP) is 3.26. The van der Waals surface area contributed by atoms with E-state index in [1.54, 1.807) is 14.2 Å². The van der Waals surface area contributed by atoms with Crippen LogP contribution >= 0.6 is 24.0 Å². The molecule has 0 bridgehead atoms. The van der Waals surface area contributed by atoms with Crippen LogP contribution in [0.5, 0.6) is 5.75 Å². The van der Waals surface area contributed by atoms with Gasteiger partial charge in [-0.25, -0.2) is 0 Å². The molecule has 2 fully saturated rings. The van der Waals surface area contributed by atoms with Crippen molar-refractivity contribution in [2.75, 3.05) is 47.9 Å². The quantitative estimate of drug-likeness (QED) is 0.306. The maximum Gasteiger partial charge on any atom is 0.225 e. The Morgan fingerprint density at radius 1 is 1.25 bits per heavy atom. The molecule has 1 aliphatic heterocycles. The number of guanidine groups is 1. The van der Waals surface area contributed by atoms with Gasteiger partial charge >= 0.3 is 0 Å². The summed E-state index contributed by atoms with van der Waals surface area (Å²) in [5.41, 5.74) is 1.19. The maximum atomic E-state index is 12.8. The zero-order valence-electron chi connectivity index (χ0n) is 20.0. The number of likely N-dealkylation sites (tertiary alicyclic amines) is 1. The average Bonchev–Trinajstić information content (AvgIpc) is 3.27. The number of ether oxygens (including phenoxy) is 1. The van der Waals surface area contributed by atoms with Crippen molar-refractivity contribution in [3.8, 4) is 5.75 Å². The summed E-state index contributed by atoms with van der Waals surface area (Å²) in [6, 6.07) is 8.61. The molecule has 180 valence electrons. The Labute approximate surface area is 210 Å². The third-order valence-corrected chi connectivity index (χ3v) is 6.58. The average molecular weight is 558 g/mol. The van der Waals surface area contributed by atoms with Crippen molar-refractivity contribution >= 4 is 35.8 Å². The van der Waals surface area contributed by atoms with Crippen LogP contribution in [0.1, 0.15) is 50.1 Å².